The minimum absolute atomic E-state index is 0.0168. The van der Waals surface area contributed by atoms with Crippen LogP contribution in [0.5, 0.6) is 0 Å². The number of sulfonamides is 1. The third kappa shape index (κ3) is 4.99. The van der Waals surface area contributed by atoms with Crippen LogP contribution in [0.15, 0.2) is 65.8 Å². The number of nitrogens with one attached hydrogen (secondary N) is 1. The van der Waals surface area contributed by atoms with Gasteiger partial charge in [0, 0.05) is 44.4 Å². The number of carbonyl (C=O) groups is 1. The van der Waals surface area contributed by atoms with Gasteiger partial charge in [0.2, 0.25) is 10.0 Å². The summed E-state index contributed by atoms with van der Waals surface area (Å²) in [6, 6.07) is 11.6. The summed E-state index contributed by atoms with van der Waals surface area (Å²) in [5.41, 5.74) is 2.19. The van der Waals surface area contributed by atoms with E-state index in [1.54, 1.807) is 28.9 Å². The molecule has 1 aliphatic heterocycles. The van der Waals surface area contributed by atoms with Gasteiger partial charge in [0.25, 0.3) is 5.91 Å². The minimum Gasteiger partial charge on any atom is -0.337 e. The molecule has 0 bridgehead atoms. The monoisotopic (exact) mass is 470 g/mol. The maximum absolute atomic E-state index is 13.3. The Balaban J connectivity index is 1.46. The van der Waals surface area contributed by atoms with Gasteiger partial charge in [-0.2, -0.15) is 5.10 Å². The second-order valence-corrected chi connectivity index (χ2v) is 10.9. The average Bonchev–Trinajstić information content (AvgIpc) is 3.34. The van der Waals surface area contributed by atoms with Crippen LogP contribution in [-0.4, -0.2) is 42.1 Å². The molecule has 174 valence electrons. The Kier molecular flexibility index (Phi) is 6.11. The van der Waals surface area contributed by atoms with Crippen molar-refractivity contribution in [1.82, 2.24) is 19.4 Å². The largest absolute Gasteiger partial charge is 0.337 e. The quantitative estimate of drug-likeness (QED) is 0.599. The lowest BCUT2D eigenvalue weighted by atomic mass is 9.79. The summed E-state index contributed by atoms with van der Waals surface area (Å²) in [6.45, 7) is 5.54. The molecular weight excluding hydrogens is 443 g/mol. The number of rotatable bonds is 6. The van der Waals surface area contributed by atoms with Crippen LogP contribution in [0.4, 0.5) is 4.39 Å². The van der Waals surface area contributed by atoms with Gasteiger partial charge in [0.15, 0.2) is 0 Å². The van der Waals surface area contributed by atoms with Gasteiger partial charge in [0.1, 0.15) is 5.82 Å². The van der Waals surface area contributed by atoms with Gasteiger partial charge in [0.05, 0.1) is 11.1 Å². The van der Waals surface area contributed by atoms with Crippen LogP contribution in [0.2, 0.25) is 0 Å². The van der Waals surface area contributed by atoms with Crippen LogP contribution in [0.1, 0.15) is 41.3 Å². The third-order valence-electron chi connectivity index (χ3n) is 6.12. The van der Waals surface area contributed by atoms with E-state index in [1.807, 2.05) is 24.3 Å². The van der Waals surface area contributed by atoms with Gasteiger partial charge in [-0.05, 0) is 52.9 Å². The van der Waals surface area contributed by atoms with E-state index in [4.69, 9.17) is 0 Å². The predicted molar refractivity (Wildman–Crippen MR) is 123 cm³/mol. The number of halogens is 1. The molecule has 33 heavy (non-hydrogen) atoms. The Labute approximate surface area is 193 Å². The summed E-state index contributed by atoms with van der Waals surface area (Å²) >= 11 is 0. The van der Waals surface area contributed by atoms with Crippen LogP contribution >= 0.6 is 0 Å². The molecule has 3 aromatic rings. The van der Waals surface area contributed by atoms with Crippen LogP contribution in [-0.2, 0) is 23.6 Å². The van der Waals surface area contributed by atoms with E-state index in [9.17, 15) is 17.6 Å². The van der Waals surface area contributed by atoms with E-state index in [1.165, 1.54) is 12.1 Å². The van der Waals surface area contributed by atoms with Gasteiger partial charge in [-0.3, -0.25) is 9.48 Å². The van der Waals surface area contributed by atoms with E-state index in [0.29, 0.717) is 24.2 Å². The van der Waals surface area contributed by atoms with Crippen molar-refractivity contribution >= 4 is 15.9 Å². The zero-order valence-electron chi connectivity index (χ0n) is 18.8. The van der Waals surface area contributed by atoms with Crippen LogP contribution in [0, 0.1) is 11.2 Å². The average molecular weight is 471 g/mol. The number of aromatic nitrogens is 2. The van der Waals surface area contributed by atoms with Crippen molar-refractivity contribution in [2.75, 3.05) is 13.1 Å². The summed E-state index contributed by atoms with van der Waals surface area (Å²) < 4.78 is 42.3. The first-order valence-electron chi connectivity index (χ1n) is 10.7. The van der Waals surface area contributed by atoms with E-state index >= 15 is 0 Å². The van der Waals surface area contributed by atoms with E-state index in [-0.39, 0.29) is 28.7 Å². The summed E-state index contributed by atoms with van der Waals surface area (Å²) in [4.78, 5) is 15.1. The first kappa shape index (κ1) is 23.1. The lowest BCUT2D eigenvalue weighted by molar-refractivity contribution is 0.0778. The number of amides is 1. The van der Waals surface area contributed by atoms with E-state index < -0.39 is 15.8 Å². The van der Waals surface area contributed by atoms with Gasteiger partial charge in [-0.25, -0.2) is 17.5 Å². The fraction of sp³-hybridized carbons (Fsp3) is 0.333. The van der Waals surface area contributed by atoms with Gasteiger partial charge in [-0.15, -0.1) is 0 Å². The summed E-state index contributed by atoms with van der Waals surface area (Å²) in [6.07, 6.45) is 3.85. The molecule has 0 spiro atoms. The van der Waals surface area contributed by atoms with Gasteiger partial charge in [-0.1, -0.05) is 26.0 Å². The molecule has 1 N–H and O–H groups in total. The highest BCUT2D eigenvalue weighted by Gasteiger charge is 2.42. The van der Waals surface area contributed by atoms with Crippen molar-refractivity contribution in [3.05, 3.63) is 83.4 Å². The molecule has 2 heterocycles. The standard InChI is InChI=1S/C24H27FN4O3S/c1-24(2)16-29(15-22(24)19-13-26-28(3)14-19)23(30)18-6-4-5-17(11-18)12-27-33(31,32)21-9-7-20(25)8-10-21/h4-11,13-14,22,27H,12,15-16H2,1-3H3. The number of hydrogen-bond acceptors (Lipinski definition) is 4. The smallest absolute Gasteiger partial charge is 0.253 e. The Morgan fingerprint density at radius 1 is 1.21 bits per heavy atom. The molecular formula is C24H27FN4O3S. The number of hydrogen-bond donors (Lipinski definition) is 1. The van der Waals surface area contributed by atoms with E-state index in [2.05, 4.69) is 23.7 Å². The summed E-state index contributed by atoms with van der Waals surface area (Å²) in [5, 5.41) is 4.27. The molecule has 2 aromatic carbocycles. The molecule has 1 amide bonds. The maximum Gasteiger partial charge on any atom is 0.253 e. The molecule has 1 aromatic heterocycles. The zero-order chi connectivity index (χ0) is 23.8. The summed E-state index contributed by atoms with van der Waals surface area (Å²) in [7, 11) is -1.92. The van der Waals surface area contributed by atoms with Crippen LogP contribution < -0.4 is 4.72 Å². The Morgan fingerprint density at radius 2 is 1.94 bits per heavy atom. The molecule has 0 radical (unpaired) electrons. The second-order valence-electron chi connectivity index (χ2n) is 9.15. The first-order valence-corrected chi connectivity index (χ1v) is 12.2. The highest BCUT2D eigenvalue weighted by atomic mass is 32.2. The minimum atomic E-state index is -3.80. The SMILES string of the molecule is Cn1cc(C2CN(C(=O)c3cccc(CNS(=O)(=O)c4ccc(F)cc4)c3)CC2(C)C)cn1. The van der Waals surface area contributed by atoms with Crippen molar-refractivity contribution < 1.29 is 17.6 Å². The van der Waals surface area contributed by atoms with Crippen LogP contribution in [0.3, 0.4) is 0 Å². The molecule has 1 unspecified atom stereocenters. The van der Waals surface area contributed by atoms with Gasteiger partial charge >= 0.3 is 0 Å². The van der Waals surface area contributed by atoms with Crippen molar-refractivity contribution in [3.63, 3.8) is 0 Å². The molecule has 1 atom stereocenters. The lowest BCUT2D eigenvalue weighted by Crippen LogP contribution is -2.30. The fourth-order valence-corrected chi connectivity index (χ4v) is 5.36. The summed E-state index contributed by atoms with van der Waals surface area (Å²) in [5.74, 6) is -0.408. The van der Waals surface area contributed by atoms with Crippen molar-refractivity contribution in [2.45, 2.75) is 31.2 Å². The Bertz CT molecular complexity index is 1270. The van der Waals surface area contributed by atoms with Crippen molar-refractivity contribution in [3.8, 4) is 0 Å². The maximum atomic E-state index is 13.3. The molecule has 1 saturated heterocycles. The number of nitrogens with zero attached hydrogens (tertiary/aromatic N) is 3. The molecule has 1 fully saturated rings. The topological polar surface area (TPSA) is 84.3 Å². The number of likely N-dealkylation sites (tertiary alicyclic amines) is 1. The first-order chi connectivity index (χ1) is 15.5. The molecule has 7 nitrogen and oxygen atoms in total. The Hall–Kier alpha value is -3.04. The zero-order valence-corrected chi connectivity index (χ0v) is 19.6. The highest BCUT2D eigenvalue weighted by Crippen LogP contribution is 2.42. The Morgan fingerprint density at radius 3 is 2.61 bits per heavy atom. The van der Waals surface area contributed by atoms with Gasteiger partial charge < -0.3 is 4.90 Å². The fourth-order valence-electron chi connectivity index (χ4n) is 4.34. The van der Waals surface area contributed by atoms with Crippen molar-refractivity contribution in [2.24, 2.45) is 12.5 Å². The molecule has 0 saturated carbocycles. The second kappa shape index (κ2) is 8.72. The lowest BCUT2D eigenvalue weighted by Gasteiger charge is -2.24. The predicted octanol–water partition coefficient (Wildman–Crippen LogP) is 3.30. The number of carbonyl (C=O) groups excluding carboxylic acids is 1. The van der Waals surface area contributed by atoms with Crippen LogP contribution in [0.25, 0.3) is 0 Å². The van der Waals surface area contributed by atoms with Crippen molar-refractivity contribution in [1.29, 1.82) is 0 Å². The molecule has 4 rings (SSSR count). The highest BCUT2D eigenvalue weighted by molar-refractivity contribution is 7.89. The number of aryl methyl sites for hydroxylation is 1. The molecule has 9 heteroatoms. The molecule has 1 aliphatic rings. The third-order valence-corrected chi connectivity index (χ3v) is 7.54. The molecule has 0 aliphatic carbocycles. The number of benzene rings is 2. The normalized spacial score (nSPS) is 17.9. The van der Waals surface area contributed by atoms with E-state index in [0.717, 1.165) is 17.7 Å².